The number of carbonyl (C=O) groups is 1. The van der Waals surface area contributed by atoms with E-state index in [-0.39, 0.29) is 11.9 Å². The summed E-state index contributed by atoms with van der Waals surface area (Å²) in [4.78, 5) is 11.4. The van der Waals surface area contributed by atoms with Gasteiger partial charge < -0.3 is 15.8 Å². The molecular weight excluding hydrogens is 204 g/mol. The molecule has 1 amide bonds. The number of benzene rings is 1. The fourth-order valence-electron chi connectivity index (χ4n) is 1.34. The largest absolute Gasteiger partial charge is 0.497 e. The minimum Gasteiger partial charge on any atom is -0.497 e. The van der Waals surface area contributed by atoms with Crippen molar-refractivity contribution in [1.82, 2.24) is 5.32 Å². The van der Waals surface area contributed by atoms with Crippen LogP contribution in [0.4, 0.5) is 0 Å². The van der Waals surface area contributed by atoms with E-state index < -0.39 is 6.04 Å². The van der Waals surface area contributed by atoms with Gasteiger partial charge in [-0.15, -0.1) is 0 Å². The van der Waals surface area contributed by atoms with Gasteiger partial charge in [-0.25, -0.2) is 0 Å². The number of rotatable bonds is 4. The van der Waals surface area contributed by atoms with Crippen LogP contribution in [-0.2, 0) is 4.79 Å². The third-order valence-electron chi connectivity index (χ3n) is 2.37. The van der Waals surface area contributed by atoms with Gasteiger partial charge in [-0.2, -0.15) is 0 Å². The van der Waals surface area contributed by atoms with Crippen molar-refractivity contribution < 1.29 is 9.53 Å². The zero-order valence-electron chi connectivity index (χ0n) is 9.86. The smallest absolute Gasteiger partial charge is 0.237 e. The van der Waals surface area contributed by atoms with Crippen LogP contribution in [0.2, 0.25) is 0 Å². The summed E-state index contributed by atoms with van der Waals surface area (Å²) in [5.74, 6) is 0.620. The third kappa shape index (κ3) is 3.24. The average Bonchev–Trinajstić information content (AvgIpc) is 2.28. The van der Waals surface area contributed by atoms with Crippen LogP contribution in [0.1, 0.15) is 25.5 Å². The second kappa shape index (κ2) is 5.51. The molecule has 0 unspecified atom stereocenters. The maximum atomic E-state index is 11.4. The first kappa shape index (κ1) is 12.5. The molecule has 0 spiro atoms. The first-order chi connectivity index (χ1) is 7.54. The molecule has 88 valence electrons. The molecule has 3 N–H and O–H groups in total. The van der Waals surface area contributed by atoms with Crippen LogP contribution >= 0.6 is 0 Å². The second-order valence-corrected chi connectivity index (χ2v) is 3.80. The molecular formula is C12H18N2O2. The zero-order chi connectivity index (χ0) is 12.1. The van der Waals surface area contributed by atoms with Crippen LogP contribution in [-0.4, -0.2) is 19.1 Å². The summed E-state index contributed by atoms with van der Waals surface area (Å²) in [6.45, 7) is 3.57. The third-order valence-corrected chi connectivity index (χ3v) is 2.37. The molecule has 0 saturated heterocycles. The van der Waals surface area contributed by atoms with Crippen molar-refractivity contribution in [2.45, 2.75) is 25.9 Å². The first-order valence-corrected chi connectivity index (χ1v) is 5.24. The minimum atomic E-state index is -0.493. The van der Waals surface area contributed by atoms with Gasteiger partial charge in [-0.3, -0.25) is 4.79 Å². The summed E-state index contributed by atoms with van der Waals surface area (Å²) in [5.41, 5.74) is 6.48. The molecule has 2 atom stereocenters. The van der Waals surface area contributed by atoms with Gasteiger partial charge in [0, 0.05) is 0 Å². The Morgan fingerprint density at radius 3 is 2.69 bits per heavy atom. The van der Waals surface area contributed by atoms with E-state index in [1.165, 1.54) is 0 Å². The number of methoxy groups -OCH3 is 1. The Morgan fingerprint density at radius 2 is 2.12 bits per heavy atom. The summed E-state index contributed by atoms with van der Waals surface area (Å²) in [7, 11) is 1.62. The van der Waals surface area contributed by atoms with Gasteiger partial charge in [0.1, 0.15) is 5.75 Å². The summed E-state index contributed by atoms with van der Waals surface area (Å²) in [6.07, 6.45) is 0. The lowest BCUT2D eigenvalue weighted by atomic mass is 10.1. The molecule has 16 heavy (non-hydrogen) atoms. The standard InChI is InChI=1S/C12H18N2O2/c1-8(13)12(15)14-9(2)10-5-4-6-11(7-10)16-3/h4-9H,13H2,1-3H3,(H,14,15)/t8-,9-/m0/s1. The molecule has 0 radical (unpaired) electrons. The Morgan fingerprint density at radius 1 is 1.44 bits per heavy atom. The molecule has 0 saturated carbocycles. The molecule has 4 nitrogen and oxygen atoms in total. The quantitative estimate of drug-likeness (QED) is 0.805. The molecule has 0 bridgehead atoms. The topological polar surface area (TPSA) is 64.3 Å². The molecule has 0 aromatic heterocycles. The van der Waals surface area contributed by atoms with E-state index in [2.05, 4.69) is 5.32 Å². The van der Waals surface area contributed by atoms with Gasteiger partial charge in [-0.05, 0) is 31.5 Å². The highest BCUT2D eigenvalue weighted by Gasteiger charge is 2.12. The molecule has 1 rings (SSSR count). The SMILES string of the molecule is COc1cccc([C@H](C)NC(=O)[C@H](C)N)c1. The van der Waals surface area contributed by atoms with Crippen molar-refractivity contribution in [2.75, 3.05) is 7.11 Å². The highest BCUT2D eigenvalue weighted by atomic mass is 16.5. The highest BCUT2D eigenvalue weighted by Crippen LogP contribution is 2.18. The first-order valence-electron chi connectivity index (χ1n) is 5.24. The molecule has 0 fully saturated rings. The van der Waals surface area contributed by atoms with Gasteiger partial charge in [0.2, 0.25) is 5.91 Å². The number of amides is 1. The Balaban J connectivity index is 2.72. The Hall–Kier alpha value is -1.55. The van der Waals surface area contributed by atoms with E-state index in [4.69, 9.17) is 10.5 Å². The number of ether oxygens (including phenoxy) is 1. The lowest BCUT2D eigenvalue weighted by Crippen LogP contribution is -2.39. The summed E-state index contributed by atoms with van der Waals surface area (Å²) >= 11 is 0. The van der Waals surface area contributed by atoms with E-state index >= 15 is 0 Å². The van der Waals surface area contributed by atoms with Gasteiger partial charge >= 0.3 is 0 Å². The second-order valence-electron chi connectivity index (χ2n) is 3.80. The van der Waals surface area contributed by atoms with E-state index in [1.54, 1.807) is 14.0 Å². The number of hydrogen-bond acceptors (Lipinski definition) is 3. The Kier molecular flexibility index (Phi) is 4.31. The molecule has 1 aromatic carbocycles. The Labute approximate surface area is 95.8 Å². The maximum Gasteiger partial charge on any atom is 0.237 e. The number of nitrogens with two attached hydrogens (primary N) is 1. The summed E-state index contributed by atoms with van der Waals surface area (Å²) in [6, 6.07) is 7.02. The van der Waals surface area contributed by atoms with Crippen molar-refractivity contribution >= 4 is 5.91 Å². The number of nitrogens with one attached hydrogen (secondary N) is 1. The molecule has 0 heterocycles. The zero-order valence-corrected chi connectivity index (χ0v) is 9.86. The van der Waals surface area contributed by atoms with E-state index in [9.17, 15) is 4.79 Å². The van der Waals surface area contributed by atoms with Crippen LogP contribution in [0.15, 0.2) is 24.3 Å². The van der Waals surface area contributed by atoms with Crippen molar-refractivity contribution in [3.8, 4) is 5.75 Å². The Bertz CT molecular complexity index is 364. The monoisotopic (exact) mass is 222 g/mol. The molecule has 0 aliphatic heterocycles. The predicted octanol–water partition coefficient (Wildman–Crippen LogP) is 1.22. The number of carbonyl (C=O) groups excluding carboxylic acids is 1. The summed E-state index contributed by atoms with van der Waals surface area (Å²) < 4.78 is 5.12. The van der Waals surface area contributed by atoms with Crippen LogP contribution < -0.4 is 15.8 Å². The van der Waals surface area contributed by atoms with Crippen LogP contribution in [0, 0.1) is 0 Å². The van der Waals surface area contributed by atoms with Crippen LogP contribution in [0.25, 0.3) is 0 Å². The van der Waals surface area contributed by atoms with E-state index in [0.717, 1.165) is 11.3 Å². The van der Waals surface area contributed by atoms with Crippen LogP contribution in [0.5, 0.6) is 5.75 Å². The molecule has 0 aliphatic carbocycles. The fraction of sp³-hybridized carbons (Fsp3) is 0.417. The molecule has 1 aromatic rings. The molecule has 0 aliphatic rings. The van der Waals surface area contributed by atoms with Crippen LogP contribution in [0.3, 0.4) is 0 Å². The minimum absolute atomic E-state index is 0.0754. The normalized spacial score (nSPS) is 14.0. The van der Waals surface area contributed by atoms with E-state index in [1.807, 2.05) is 31.2 Å². The lowest BCUT2D eigenvalue weighted by Gasteiger charge is -2.16. The van der Waals surface area contributed by atoms with Crippen molar-refractivity contribution in [2.24, 2.45) is 5.73 Å². The molecule has 4 heteroatoms. The van der Waals surface area contributed by atoms with Gasteiger partial charge in [-0.1, -0.05) is 12.1 Å². The predicted molar refractivity (Wildman–Crippen MR) is 63.2 cm³/mol. The van der Waals surface area contributed by atoms with Gasteiger partial charge in [0.15, 0.2) is 0 Å². The fourth-order valence-corrected chi connectivity index (χ4v) is 1.34. The van der Waals surface area contributed by atoms with Gasteiger partial charge in [0.25, 0.3) is 0 Å². The number of hydrogen-bond donors (Lipinski definition) is 2. The van der Waals surface area contributed by atoms with Crippen molar-refractivity contribution in [3.63, 3.8) is 0 Å². The van der Waals surface area contributed by atoms with Crippen molar-refractivity contribution in [3.05, 3.63) is 29.8 Å². The summed E-state index contributed by atoms with van der Waals surface area (Å²) in [5, 5.41) is 2.83. The average molecular weight is 222 g/mol. The maximum absolute atomic E-state index is 11.4. The van der Waals surface area contributed by atoms with E-state index in [0.29, 0.717) is 0 Å². The van der Waals surface area contributed by atoms with Crippen molar-refractivity contribution in [1.29, 1.82) is 0 Å². The lowest BCUT2D eigenvalue weighted by molar-refractivity contribution is -0.122. The highest BCUT2D eigenvalue weighted by molar-refractivity contribution is 5.81. The van der Waals surface area contributed by atoms with Gasteiger partial charge in [0.05, 0.1) is 19.2 Å².